The summed E-state index contributed by atoms with van der Waals surface area (Å²) in [6, 6.07) is 15.8. The van der Waals surface area contributed by atoms with Gasteiger partial charge in [-0.15, -0.1) is 11.3 Å². The standard InChI is InChI=1S/C19H12N2O3S/c22-14-7-5-12(6-8-14)10-20-19-21-16(11-25-19)15-9-13-3-1-2-4-17(13)24-18(15)23/h1-11,22H. The third-order valence-corrected chi connectivity index (χ3v) is 4.38. The molecule has 2 aromatic heterocycles. The van der Waals surface area contributed by atoms with Crippen molar-refractivity contribution in [2.24, 2.45) is 4.99 Å². The molecule has 0 fully saturated rings. The van der Waals surface area contributed by atoms with E-state index >= 15 is 0 Å². The van der Waals surface area contributed by atoms with E-state index in [-0.39, 0.29) is 5.75 Å². The van der Waals surface area contributed by atoms with Gasteiger partial charge in [-0.3, -0.25) is 0 Å². The highest BCUT2D eigenvalue weighted by Gasteiger charge is 2.11. The summed E-state index contributed by atoms with van der Waals surface area (Å²) in [6.07, 6.45) is 1.66. The van der Waals surface area contributed by atoms with Crippen LogP contribution in [0.15, 0.2) is 74.2 Å². The van der Waals surface area contributed by atoms with Gasteiger partial charge in [-0.25, -0.2) is 14.8 Å². The molecule has 25 heavy (non-hydrogen) atoms. The summed E-state index contributed by atoms with van der Waals surface area (Å²) in [4.78, 5) is 20.9. The molecule has 122 valence electrons. The molecule has 0 unspecified atom stereocenters. The maximum absolute atomic E-state index is 12.2. The lowest BCUT2D eigenvalue weighted by Crippen LogP contribution is -2.02. The first kappa shape index (κ1) is 15.3. The second-order valence-corrected chi connectivity index (χ2v) is 6.19. The molecule has 0 aliphatic heterocycles. The molecule has 0 bridgehead atoms. The van der Waals surface area contributed by atoms with Crippen molar-refractivity contribution in [2.75, 3.05) is 0 Å². The smallest absolute Gasteiger partial charge is 0.345 e. The highest BCUT2D eigenvalue weighted by molar-refractivity contribution is 7.13. The van der Waals surface area contributed by atoms with E-state index in [2.05, 4.69) is 9.98 Å². The van der Waals surface area contributed by atoms with E-state index in [1.807, 2.05) is 18.2 Å². The minimum atomic E-state index is -0.418. The number of phenols is 1. The van der Waals surface area contributed by atoms with Crippen molar-refractivity contribution in [1.29, 1.82) is 0 Å². The fourth-order valence-corrected chi connectivity index (χ4v) is 3.04. The summed E-state index contributed by atoms with van der Waals surface area (Å²) in [6.45, 7) is 0. The second-order valence-electron chi connectivity index (χ2n) is 5.35. The molecule has 0 saturated carbocycles. The number of hydrogen-bond donors (Lipinski definition) is 1. The van der Waals surface area contributed by atoms with E-state index < -0.39 is 5.63 Å². The van der Waals surface area contributed by atoms with Gasteiger partial charge >= 0.3 is 5.63 Å². The zero-order chi connectivity index (χ0) is 17.2. The molecule has 0 aliphatic rings. The fraction of sp³-hybridized carbons (Fsp3) is 0. The van der Waals surface area contributed by atoms with Gasteiger partial charge in [0.2, 0.25) is 5.13 Å². The van der Waals surface area contributed by atoms with Crippen LogP contribution in [-0.4, -0.2) is 16.3 Å². The van der Waals surface area contributed by atoms with Gasteiger partial charge in [-0.2, -0.15) is 0 Å². The number of phenolic OH excluding ortho intramolecular Hbond substituents is 1. The lowest BCUT2D eigenvalue weighted by molar-refractivity contribution is 0.475. The average Bonchev–Trinajstić information content (AvgIpc) is 3.09. The predicted octanol–water partition coefficient (Wildman–Crippen LogP) is 4.37. The van der Waals surface area contributed by atoms with Crippen LogP contribution in [0.2, 0.25) is 0 Å². The number of benzene rings is 2. The largest absolute Gasteiger partial charge is 0.508 e. The van der Waals surface area contributed by atoms with E-state index in [9.17, 15) is 9.90 Å². The summed E-state index contributed by atoms with van der Waals surface area (Å²) < 4.78 is 5.34. The monoisotopic (exact) mass is 348 g/mol. The third-order valence-electron chi connectivity index (χ3n) is 3.63. The minimum Gasteiger partial charge on any atom is -0.508 e. The number of fused-ring (bicyclic) bond motifs is 1. The Bertz CT molecular complexity index is 1130. The number of thiazole rings is 1. The van der Waals surface area contributed by atoms with E-state index in [4.69, 9.17) is 4.42 Å². The van der Waals surface area contributed by atoms with Gasteiger partial charge in [0.15, 0.2) is 0 Å². The maximum atomic E-state index is 12.2. The van der Waals surface area contributed by atoms with Crippen LogP contribution in [0.5, 0.6) is 5.75 Å². The van der Waals surface area contributed by atoms with Gasteiger partial charge in [0.1, 0.15) is 11.3 Å². The van der Waals surface area contributed by atoms with Gasteiger partial charge in [0.05, 0.1) is 11.3 Å². The zero-order valence-corrected chi connectivity index (χ0v) is 13.7. The lowest BCUT2D eigenvalue weighted by atomic mass is 10.1. The van der Waals surface area contributed by atoms with Gasteiger partial charge < -0.3 is 9.52 Å². The number of aromatic hydroxyl groups is 1. The average molecular weight is 348 g/mol. The van der Waals surface area contributed by atoms with Crippen LogP contribution in [0, 0.1) is 0 Å². The lowest BCUT2D eigenvalue weighted by Gasteiger charge is -1.98. The highest BCUT2D eigenvalue weighted by Crippen LogP contribution is 2.26. The highest BCUT2D eigenvalue weighted by atomic mass is 32.1. The van der Waals surface area contributed by atoms with Crippen LogP contribution in [0.4, 0.5) is 5.13 Å². The molecule has 2 heterocycles. The van der Waals surface area contributed by atoms with Crippen molar-refractivity contribution in [3.05, 3.63) is 76.0 Å². The maximum Gasteiger partial charge on any atom is 0.345 e. The predicted molar refractivity (Wildman–Crippen MR) is 99.0 cm³/mol. The summed E-state index contributed by atoms with van der Waals surface area (Å²) in [7, 11) is 0. The van der Waals surface area contributed by atoms with Crippen LogP contribution in [0.3, 0.4) is 0 Å². The van der Waals surface area contributed by atoms with Gasteiger partial charge in [0, 0.05) is 17.0 Å². The molecule has 1 N–H and O–H groups in total. The summed E-state index contributed by atoms with van der Waals surface area (Å²) >= 11 is 1.34. The summed E-state index contributed by atoms with van der Waals surface area (Å²) in [5.74, 6) is 0.205. The first-order valence-corrected chi connectivity index (χ1v) is 8.39. The van der Waals surface area contributed by atoms with E-state index in [0.717, 1.165) is 10.9 Å². The molecule has 5 nitrogen and oxygen atoms in total. The topological polar surface area (TPSA) is 75.7 Å². The Labute approximate surface area is 146 Å². The molecule has 4 rings (SSSR count). The Hall–Kier alpha value is -3.25. The second kappa shape index (κ2) is 6.33. The van der Waals surface area contributed by atoms with Crippen LogP contribution in [0.1, 0.15) is 5.56 Å². The number of para-hydroxylation sites is 1. The molecule has 6 heteroatoms. The molecule has 0 spiro atoms. The molecule has 0 amide bonds. The van der Waals surface area contributed by atoms with Crippen molar-refractivity contribution in [2.45, 2.75) is 0 Å². The molecule has 0 radical (unpaired) electrons. The normalized spacial score (nSPS) is 11.4. The van der Waals surface area contributed by atoms with Gasteiger partial charge in [-0.05, 0) is 42.0 Å². The SMILES string of the molecule is O=c1oc2ccccc2cc1-c1csc(N=Cc2ccc(O)cc2)n1. The minimum absolute atomic E-state index is 0.205. The number of hydrogen-bond acceptors (Lipinski definition) is 6. The Balaban J connectivity index is 1.66. The molecule has 0 atom stereocenters. The Kier molecular flexibility index (Phi) is 3.87. The number of rotatable bonds is 3. The fourth-order valence-electron chi connectivity index (χ4n) is 2.38. The Morgan fingerprint density at radius 3 is 2.76 bits per heavy atom. The van der Waals surface area contributed by atoms with Crippen molar-refractivity contribution >= 4 is 33.7 Å². The van der Waals surface area contributed by atoms with Crippen LogP contribution >= 0.6 is 11.3 Å². The van der Waals surface area contributed by atoms with Crippen LogP contribution in [0.25, 0.3) is 22.2 Å². The molecule has 2 aromatic carbocycles. The number of nitrogens with zero attached hydrogens (tertiary/aromatic N) is 2. The van der Waals surface area contributed by atoms with Crippen molar-refractivity contribution in [1.82, 2.24) is 4.98 Å². The van der Waals surface area contributed by atoms with Crippen LogP contribution in [-0.2, 0) is 0 Å². The summed E-state index contributed by atoms with van der Waals surface area (Å²) in [5, 5.41) is 12.4. The Morgan fingerprint density at radius 1 is 1.12 bits per heavy atom. The molecule has 0 saturated heterocycles. The number of aromatic nitrogens is 1. The van der Waals surface area contributed by atoms with Gasteiger partial charge in [0.25, 0.3) is 0 Å². The van der Waals surface area contributed by atoms with E-state index in [1.165, 1.54) is 11.3 Å². The summed E-state index contributed by atoms with van der Waals surface area (Å²) in [5.41, 5.74) is 1.94. The third kappa shape index (κ3) is 3.20. The first-order valence-electron chi connectivity index (χ1n) is 7.51. The molecular weight excluding hydrogens is 336 g/mol. The first-order chi connectivity index (χ1) is 12.2. The molecule has 0 aliphatic carbocycles. The van der Waals surface area contributed by atoms with Crippen molar-refractivity contribution in [3.8, 4) is 17.0 Å². The molecular formula is C19H12N2O3S. The zero-order valence-electron chi connectivity index (χ0n) is 12.9. The quantitative estimate of drug-likeness (QED) is 0.440. The van der Waals surface area contributed by atoms with Crippen molar-refractivity contribution in [3.63, 3.8) is 0 Å². The Morgan fingerprint density at radius 2 is 1.92 bits per heavy atom. The van der Waals surface area contributed by atoms with E-state index in [1.54, 1.807) is 48.0 Å². The number of aliphatic imine (C=N–C) groups is 1. The van der Waals surface area contributed by atoms with Crippen LogP contribution < -0.4 is 5.63 Å². The molecule has 4 aromatic rings. The van der Waals surface area contributed by atoms with Crippen molar-refractivity contribution < 1.29 is 9.52 Å². The van der Waals surface area contributed by atoms with E-state index in [0.29, 0.717) is 22.0 Å². The van der Waals surface area contributed by atoms with Gasteiger partial charge in [-0.1, -0.05) is 18.2 Å².